The van der Waals surface area contributed by atoms with Crippen LogP contribution in [-0.4, -0.2) is 61.0 Å². The number of hydrogen-bond donors (Lipinski definition) is 0. The summed E-state index contributed by atoms with van der Waals surface area (Å²) < 4.78 is 35.7. The van der Waals surface area contributed by atoms with Crippen LogP contribution in [0.5, 0.6) is 0 Å². The van der Waals surface area contributed by atoms with Gasteiger partial charge in [-0.15, -0.1) is 0 Å². The molecule has 11 heteroatoms. The lowest BCUT2D eigenvalue weighted by atomic mass is 10.3. The number of halogens is 2. The first kappa shape index (κ1) is 21.9. The second kappa shape index (κ2) is 5.96. The molecule has 3 nitrogen and oxygen atoms in total. The summed E-state index contributed by atoms with van der Waals surface area (Å²) in [6.45, 7) is 27.5. The van der Waals surface area contributed by atoms with E-state index in [0.29, 0.717) is 0 Å². The van der Waals surface area contributed by atoms with Crippen LogP contribution in [0.3, 0.4) is 0 Å². The normalized spacial score (nSPS) is 26.3. The van der Waals surface area contributed by atoms with Gasteiger partial charge in [0.15, 0.2) is 25.2 Å². The quantitative estimate of drug-likeness (QED) is 0.628. The molecular weight excluding hydrogens is 375 g/mol. The fourth-order valence-corrected chi connectivity index (χ4v) is 55.5. The zero-order valence-electron chi connectivity index (χ0n) is 17.2. The monoisotopic (exact) mass is 411 g/mol. The van der Waals surface area contributed by atoms with E-state index >= 15 is 0 Å². The summed E-state index contributed by atoms with van der Waals surface area (Å²) in [4.78, 5) is 0. The summed E-state index contributed by atoms with van der Waals surface area (Å²) in [5, 5.41) is 0. The van der Waals surface area contributed by atoms with Gasteiger partial charge in [0.05, 0.1) is 0 Å². The minimum absolute atomic E-state index is 1.71. The van der Waals surface area contributed by atoms with Crippen LogP contribution in [0.15, 0.2) is 0 Å². The Morgan fingerprint density at radius 1 is 0.609 bits per heavy atom. The fourth-order valence-electron chi connectivity index (χ4n) is 6.09. The van der Waals surface area contributed by atoms with Gasteiger partial charge in [0.2, 0.25) is 0 Å². The van der Waals surface area contributed by atoms with E-state index in [1.165, 1.54) is 0 Å². The molecule has 0 saturated carbocycles. The molecule has 1 rings (SSSR count). The highest BCUT2D eigenvalue weighted by molar-refractivity contribution is 7.18. The lowest BCUT2D eigenvalue weighted by Gasteiger charge is -2.72. The van der Waals surface area contributed by atoms with Gasteiger partial charge >= 0.3 is 7.40 Å². The largest absolute Gasteiger partial charge is 0.624 e. The Hall–Kier alpha value is 0.889. The summed E-state index contributed by atoms with van der Waals surface area (Å²) in [5.74, 6) is 0. The molecule has 0 radical (unpaired) electrons. The van der Waals surface area contributed by atoms with Crippen molar-refractivity contribution in [2.24, 2.45) is 0 Å². The van der Waals surface area contributed by atoms with E-state index in [-0.39, 0.29) is 0 Å². The van der Waals surface area contributed by atoms with E-state index in [0.717, 1.165) is 0 Å². The van der Waals surface area contributed by atoms with Crippen molar-refractivity contribution in [3.05, 3.63) is 0 Å². The molecule has 1 fully saturated rings. The van der Waals surface area contributed by atoms with Crippen LogP contribution in [-0.2, 0) is 0 Å². The maximum Gasteiger partial charge on any atom is 0.624 e. The minimum Gasteiger partial charge on any atom is -0.346 e. The number of rotatable bonds is 3. The Balaban J connectivity index is 3.77. The Kier molecular flexibility index (Phi) is 5.69. The highest BCUT2D eigenvalue weighted by atomic mass is 28.6. The van der Waals surface area contributed by atoms with Crippen molar-refractivity contribution in [1.82, 2.24) is 11.9 Å². The maximum absolute atomic E-state index is 14.3. The van der Waals surface area contributed by atoms with Crippen molar-refractivity contribution in [3.8, 4) is 0 Å². The summed E-state index contributed by atoms with van der Waals surface area (Å²) >= 11 is 0. The first-order chi connectivity index (χ1) is 9.80. The fraction of sp³-hybridized carbons (Fsp3) is 1.00. The third-order valence-corrected chi connectivity index (χ3v) is 39.2. The summed E-state index contributed by atoms with van der Waals surface area (Å²) in [6.07, 6.45) is 0. The molecule has 0 atom stereocenters. The highest BCUT2D eigenvalue weighted by Crippen LogP contribution is 2.44. The van der Waals surface area contributed by atoms with Crippen LogP contribution >= 0.6 is 0 Å². The van der Waals surface area contributed by atoms with Crippen LogP contribution < -0.4 is 0 Å². The van der Waals surface area contributed by atoms with Crippen LogP contribution in [0.4, 0.5) is 8.63 Å². The van der Waals surface area contributed by atoms with E-state index in [1.807, 2.05) is 0 Å². The predicted octanol–water partition coefficient (Wildman–Crippen LogP) is 4.61. The molecule has 0 N–H and O–H groups in total. The molecular formula is C12H36BF2N3Si5. The zero-order chi connectivity index (χ0) is 18.8. The van der Waals surface area contributed by atoms with Crippen LogP contribution in [0.25, 0.3) is 0 Å². The molecule has 1 aliphatic rings. The SMILES string of the molecule is C[Si](C)(C)N1[Si](C)(C)N(B(F)F)[Si](C)(C)N([Si](C)(C)C)[Si]1(C)C. The minimum atomic E-state index is -2.36. The average Bonchev–Trinajstić information content (AvgIpc) is 2.02. The van der Waals surface area contributed by atoms with Gasteiger partial charge in [-0.3, -0.25) is 8.63 Å². The molecule has 0 aromatic carbocycles. The van der Waals surface area contributed by atoms with Crippen LogP contribution in [0, 0.1) is 0 Å². The van der Waals surface area contributed by atoms with Gasteiger partial charge in [-0.1, -0.05) is 39.3 Å². The molecule has 136 valence electrons. The second-order valence-electron chi connectivity index (χ2n) is 10.1. The van der Waals surface area contributed by atoms with E-state index in [9.17, 15) is 8.63 Å². The van der Waals surface area contributed by atoms with Gasteiger partial charge in [0, 0.05) is 0 Å². The first-order valence-electron chi connectivity index (χ1n) is 8.48. The number of nitrogens with zero attached hydrogens (tertiary/aromatic N) is 3. The first-order valence-corrected chi connectivity index (χ1v) is 24.1. The van der Waals surface area contributed by atoms with E-state index < -0.39 is 49.1 Å². The van der Waals surface area contributed by atoms with Crippen molar-refractivity contribution >= 4 is 49.1 Å². The molecule has 0 bridgehead atoms. The molecule has 0 aliphatic carbocycles. The van der Waals surface area contributed by atoms with Crippen LogP contribution in [0.1, 0.15) is 0 Å². The number of hydrogen-bond acceptors (Lipinski definition) is 3. The third-order valence-electron chi connectivity index (χ3n) is 4.90. The van der Waals surface area contributed by atoms with Gasteiger partial charge < -0.3 is 11.9 Å². The molecule has 1 heterocycles. The Morgan fingerprint density at radius 2 is 0.870 bits per heavy atom. The smallest absolute Gasteiger partial charge is 0.346 e. The van der Waals surface area contributed by atoms with Crippen molar-refractivity contribution in [1.29, 1.82) is 0 Å². The second-order valence-corrected chi connectivity index (χ2v) is 34.6. The van der Waals surface area contributed by atoms with Gasteiger partial charge in [-0.05, 0) is 39.3 Å². The van der Waals surface area contributed by atoms with Crippen molar-refractivity contribution < 1.29 is 8.63 Å². The van der Waals surface area contributed by atoms with Crippen molar-refractivity contribution in [2.75, 3.05) is 0 Å². The summed E-state index contributed by atoms with van der Waals surface area (Å²) in [6, 6.07) is 0. The molecule has 0 spiro atoms. The summed E-state index contributed by atoms with van der Waals surface area (Å²) in [7, 11) is -12.4. The lowest BCUT2D eigenvalue weighted by Crippen LogP contribution is -2.95. The topological polar surface area (TPSA) is 9.72 Å². The predicted molar refractivity (Wildman–Crippen MR) is 113 cm³/mol. The lowest BCUT2D eigenvalue weighted by molar-refractivity contribution is 0.527. The molecule has 23 heavy (non-hydrogen) atoms. The maximum atomic E-state index is 14.3. The molecule has 1 saturated heterocycles. The standard InChI is InChI=1S/C12H36BF2N3Si5/c1-19(2,3)17-21(7,8)16(13(14)15)22(9,10)18(20(4,5)6)23(17,11)12/h1-12H3. The Labute approximate surface area is 148 Å². The van der Waals surface area contributed by atoms with Crippen molar-refractivity contribution in [3.63, 3.8) is 0 Å². The highest BCUT2D eigenvalue weighted by Gasteiger charge is 2.68. The Bertz CT molecular complexity index is 427. The van der Waals surface area contributed by atoms with E-state index in [4.69, 9.17) is 0 Å². The van der Waals surface area contributed by atoms with Gasteiger partial charge in [0.25, 0.3) is 0 Å². The van der Waals surface area contributed by atoms with Gasteiger partial charge in [-0.2, -0.15) is 0 Å². The van der Waals surface area contributed by atoms with Gasteiger partial charge in [0.1, 0.15) is 16.5 Å². The molecule has 0 amide bonds. The van der Waals surface area contributed by atoms with Crippen molar-refractivity contribution in [2.45, 2.75) is 78.6 Å². The molecule has 0 aromatic rings. The molecule has 0 aromatic heterocycles. The van der Waals surface area contributed by atoms with E-state index in [2.05, 4.69) is 86.4 Å². The average molecular weight is 412 g/mol. The molecule has 1 aliphatic heterocycles. The Morgan fingerprint density at radius 3 is 1.04 bits per heavy atom. The van der Waals surface area contributed by atoms with E-state index in [1.54, 1.807) is 4.14 Å². The third kappa shape index (κ3) is 3.57. The van der Waals surface area contributed by atoms with Gasteiger partial charge in [-0.25, -0.2) is 0 Å². The summed E-state index contributed by atoms with van der Waals surface area (Å²) in [5.41, 5.74) is 0. The van der Waals surface area contributed by atoms with Crippen LogP contribution in [0.2, 0.25) is 78.6 Å². The zero-order valence-corrected chi connectivity index (χ0v) is 22.2. The molecule has 0 unspecified atom stereocenters.